The van der Waals surface area contributed by atoms with Gasteiger partial charge in [0.25, 0.3) is 0 Å². The third-order valence-electron chi connectivity index (χ3n) is 5.51. The Balaban J connectivity index is 1.89. The Morgan fingerprint density at radius 2 is 1.85 bits per heavy atom. The van der Waals surface area contributed by atoms with Crippen molar-refractivity contribution < 1.29 is 0 Å². The SMILES string of the molecule is CNC1CC(C)CCc2ccc(C3CCCCC3)cc21. The van der Waals surface area contributed by atoms with Crippen LogP contribution in [0.3, 0.4) is 0 Å². The molecule has 1 heteroatoms. The number of benzene rings is 1. The van der Waals surface area contributed by atoms with E-state index in [1.54, 1.807) is 16.7 Å². The zero-order valence-corrected chi connectivity index (χ0v) is 13.1. The molecule has 0 aliphatic heterocycles. The standard InChI is InChI=1S/C19H29N/c1-14-8-9-16-10-11-17(15-6-4-3-5-7-15)13-18(16)19(12-14)20-2/h10-11,13-15,19-20H,3-9,12H2,1-2H3. The molecule has 1 fully saturated rings. The average molecular weight is 271 g/mol. The van der Waals surface area contributed by atoms with Crippen molar-refractivity contribution >= 4 is 0 Å². The summed E-state index contributed by atoms with van der Waals surface area (Å²) in [5.41, 5.74) is 4.80. The summed E-state index contributed by atoms with van der Waals surface area (Å²) in [6, 6.07) is 7.97. The van der Waals surface area contributed by atoms with Gasteiger partial charge < -0.3 is 5.32 Å². The summed E-state index contributed by atoms with van der Waals surface area (Å²) >= 11 is 0. The fourth-order valence-corrected chi connectivity index (χ4v) is 4.18. The van der Waals surface area contributed by atoms with Gasteiger partial charge in [0.05, 0.1) is 0 Å². The lowest BCUT2D eigenvalue weighted by molar-refractivity contribution is 0.426. The molecule has 1 nitrogen and oxygen atoms in total. The van der Waals surface area contributed by atoms with Crippen LogP contribution in [0.15, 0.2) is 18.2 Å². The van der Waals surface area contributed by atoms with Gasteiger partial charge >= 0.3 is 0 Å². The van der Waals surface area contributed by atoms with Gasteiger partial charge in [-0.05, 0) is 67.7 Å². The second kappa shape index (κ2) is 6.30. The van der Waals surface area contributed by atoms with Crippen LogP contribution in [0.25, 0.3) is 0 Å². The van der Waals surface area contributed by atoms with Crippen LogP contribution in [0.1, 0.15) is 80.5 Å². The molecule has 2 aliphatic carbocycles. The number of fused-ring (bicyclic) bond motifs is 1. The lowest BCUT2D eigenvalue weighted by Gasteiger charge is -2.25. The van der Waals surface area contributed by atoms with Crippen LogP contribution >= 0.6 is 0 Å². The highest BCUT2D eigenvalue weighted by molar-refractivity contribution is 5.37. The predicted octanol–water partition coefficient (Wildman–Crippen LogP) is 4.97. The Kier molecular flexibility index (Phi) is 4.45. The van der Waals surface area contributed by atoms with E-state index in [1.165, 1.54) is 51.4 Å². The molecule has 0 radical (unpaired) electrons. The van der Waals surface area contributed by atoms with Crippen molar-refractivity contribution in [3.05, 3.63) is 34.9 Å². The Labute approximate surface area is 124 Å². The van der Waals surface area contributed by atoms with E-state index in [0.717, 1.165) is 11.8 Å². The molecule has 1 aromatic carbocycles. The van der Waals surface area contributed by atoms with Crippen molar-refractivity contribution in [3.63, 3.8) is 0 Å². The van der Waals surface area contributed by atoms with Crippen LogP contribution in [0.4, 0.5) is 0 Å². The first-order valence-electron chi connectivity index (χ1n) is 8.58. The molecule has 2 unspecified atom stereocenters. The molecule has 1 aromatic rings. The smallest absolute Gasteiger partial charge is 0.0322 e. The zero-order chi connectivity index (χ0) is 13.9. The van der Waals surface area contributed by atoms with Gasteiger partial charge in [0.1, 0.15) is 0 Å². The van der Waals surface area contributed by atoms with E-state index in [-0.39, 0.29) is 0 Å². The fourth-order valence-electron chi connectivity index (χ4n) is 4.18. The van der Waals surface area contributed by atoms with Crippen LogP contribution in [0.5, 0.6) is 0 Å². The second-order valence-electron chi connectivity index (χ2n) is 7.01. The fraction of sp³-hybridized carbons (Fsp3) is 0.684. The van der Waals surface area contributed by atoms with E-state index in [4.69, 9.17) is 0 Å². The average Bonchev–Trinajstić information content (AvgIpc) is 2.67. The maximum absolute atomic E-state index is 3.56. The molecule has 0 aromatic heterocycles. The normalized spacial score (nSPS) is 27.9. The van der Waals surface area contributed by atoms with Crippen LogP contribution in [-0.4, -0.2) is 7.05 Å². The van der Waals surface area contributed by atoms with Crippen LogP contribution in [-0.2, 0) is 6.42 Å². The topological polar surface area (TPSA) is 12.0 Å². The molecular formula is C19H29N. The van der Waals surface area contributed by atoms with Crippen LogP contribution in [0.2, 0.25) is 0 Å². The molecule has 0 amide bonds. The van der Waals surface area contributed by atoms with E-state index >= 15 is 0 Å². The Morgan fingerprint density at radius 1 is 1.05 bits per heavy atom. The van der Waals surface area contributed by atoms with Crippen molar-refractivity contribution in [1.29, 1.82) is 0 Å². The summed E-state index contributed by atoms with van der Waals surface area (Å²) in [6.07, 6.45) is 11.0. The van der Waals surface area contributed by atoms with Crippen molar-refractivity contribution in [3.8, 4) is 0 Å². The van der Waals surface area contributed by atoms with Crippen molar-refractivity contribution in [2.75, 3.05) is 7.05 Å². The van der Waals surface area contributed by atoms with Gasteiger partial charge in [0.2, 0.25) is 0 Å². The number of aryl methyl sites for hydroxylation is 1. The van der Waals surface area contributed by atoms with Crippen molar-refractivity contribution in [2.24, 2.45) is 5.92 Å². The van der Waals surface area contributed by atoms with Gasteiger partial charge in [-0.25, -0.2) is 0 Å². The number of hydrogen-bond acceptors (Lipinski definition) is 1. The minimum atomic E-state index is 0.561. The minimum Gasteiger partial charge on any atom is -0.313 e. The first kappa shape index (κ1) is 14.1. The number of rotatable bonds is 2. The molecule has 0 heterocycles. The van der Waals surface area contributed by atoms with Gasteiger partial charge in [-0.1, -0.05) is 44.4 Å². The van der Waals surface area contributed by atoms with Gasteiger partial charge in [0.15, 0.2) is 0 Å². The molecule has 1 saturated carbocycles. The lowest BCUT2D eigenvalue weighted by Crippen LogP contribution is -2.19. The highest BCUT2D eigenvalue weighted by atomic mass is 14.9. The predicted molar refractivity (Wildman–Crippen MR) is 86.2 cm³/mol. The van der Waals surface area contributed by atoms with E-state index < -0.39 is 0 Å². The summed E-state index contributed by atoms with van der Waals surface area (Å²) in [5.74, 6) is 1.66. The minimum absolute atomic E-state index is 0.561. The molecule has 2 atom stereocenters. The second-order valence-corrected chi connectivity index (χ2v) is 7.01. The molecule has 110 valence electrons. The molecule has 0 spiro atoms. The van der Waals surface area contributed by atoms with E-state index in [1.807, 2.05) is 0 Å². The molecular weight excluding hydrogens is 242 g/mol. The van der Waals surface area contributed by atoms with E-state index in [0.29, 0.717) is 6.04 Å². The summed E-state index contributed by atoms with van der Waals surface area (Å²) < 4.78 is 0. The molecule has 3 rings (SSSR count). The maximum Gasteiger partial charge on any atom is 0.0322 e. The molecule has 0 bridgehead atoms. The van der Waals surface area contributed by atoms with Gasteiger partial charge in [-0.2, -0.15) is 0 Å². The molecule has 20 heavy (non-hydrogen) atoms. The molecule has 1 N–H and O–H groups in total. The molecule has 2 aliphatic rings. The Bertz CT molecular complexity index is 445. The van der Waals surface area contributed by atoms with Crippen LogP contribution in [0, 0.1) is 5.92 Å². The lowest BCUT2D eigenvalue weighted by atomic mass is 9.82. The Hall–Kier alpha value is -0.820. The van der Waals surface area contributed by atoms with Gasteiger partial charge in [0, 0.05) is 6.04 Å². The zero-order valence-electron chi connectivity index (χ0n) is 13.1. The first-order valence-corrected chi connectivity index (χ1v) is 8.58. The summed E-state index contributed by atoms with van der Waals surface area (Å²) in [6.45, 7) is 2.40. The first-order chi connectivity index (χ1) is 9.78. The summed E-state index contributed by atoms with van der Waals surface area (Å²) in [4.78, 5) is 0. The van der Waals surface area contributed by atoms with Crippen molar-refractivity contribution in [2.45, 2.75) is 70.3 Å². The highest BCUT2D eigenvalue weighted by Gasteiger charge is 2.23. The third kappa shape index (κ3) is 2.93. The Morgan fingerprint density at radius 3 is 2.60 bits per heavy atom. The van der Waals surface area contributed by atoms with Gasteiger partial charge in [-0.15, -0.1) is 0 Å². The number of hydrogen-bond donors (Lipinski definition) is 1. The van der Waals surface area contributed by atoms with E-state index in [9.17, 15) is 0 Å². The third-order valence-corrected chi connectivity index (χ3v) is 5.51. The summed E-state index contributed by atoms with van der Waals surface area (Å²) in [5, 5.41) is 3.56. The summed E-state index contributed by atoms with van der Waals surface area (Å²) in [7, 11) is 2.12. The number of nitrogens with one attached hydrogen (secondary N) is 1. The quantitative estimate of drug-likeness (QED) is 0.749. The monoisotopic (exact) mass is 271 g/mol. The van der Waals surface area contributed by atoms with Crippen LogP contribution < -0.4 is 5.32 Å². The largest absolute Gasteiger partial charge is 0.313 e. The van der Waals surface area contributed by atoms with Gasteiger partial charge in [-0.3, -0.25) is 0 Å². The highest BCUT2D eigenvalue weighted by Crippen LogP contribution is 2.37. The maximum atomic E-state index is 3.56. The molecule has 0 saturated heterocycles. The van der Waals surface area contributed by atoms with Crippen molar-refractivity contribution in [1.82, 2.24) is 5.32 Å². The van der Waals surface area contributed by atoms with E-state index in [2.05, 4.69) is 37.5 Å².